The van der Waals surface area contributed by atoms with Gasteiger partial charge in [-0.25, -0.2) is 8.42 Å². The Morgan fingerprint density at radius 3 is 1.76 bits per heavy atom. The maximum Gasteiger partial charge on any atom is 0.573 e. The Bertz CT molecular complexity index is 1090. The predicted octanol–water partition coefficient (Wildman–Crippen LogP) is 5.50. The molecular formula is C19H16F9NO4S. The third-order valence-corrected chi connectivity index (χ3v) is 6.44. The van der Waals surface area contributed by atoms with Crippen LogP contribution in [-0.2, 0) is 15.6 Å². The molecule has 15 heteroatoms. The van der Waals surface area contributed by atoms with Crippen molar-refractivity contribution in [1.29, 1.82) is 0 Å². The second-order valence-corrected chi connectivity index (χ2v) is 8.99. The van der Waals surface area contributed by atoms with E-state index in [1.807, 2.05) is 0 Å². The van der Waals surface area contributed by atoms with Crippen molar-refractivity contribution < 1.29 is 57.8 Å². The Morgan fingerprint density at radius 1 is 0.853 bits per heavy atom. The highest BCUT2D eigenvalue weighted by Gasteiger charge is 2.71. The monoisotopic (exact) mass is 525 g/mol. The van der Waals surface area contributed by atoms with Crippen LogP contribution in [0, 0.1) is 0 Å². The molecule has 2 rings (SSSR count). The summed E-state index contributed by atoms with van der Waals surface area (Å²) in [6.07, 6.45) is -17.4. The molecule has 2 aromatic carbocycles. The van der Waals surface area contributed by atoms with Crippen molar-refractivity contribution in [2.45, 2.75) is 49.1 Å². The summed E-state index contributed by atoms with van der Waals surface area (Å²) in [7, 11) is -4.69. The molecule has 0 saturated carbocycles. The summed E-state index contributed by atoms with van der Waals surface area (Å²) in [4.78, 5) is -0.779. The number of rotatable bonds is 6. The molecule has 0 aromatic heterocycles. The molecule has 0 fully saturated rings. The average molecular weight is 525 g/mol. The van der Waals surface area contributed by atoms with E-state index in [0.29, 0.717) is 16.4 Å². The van der Waals surface area contributed by atoms with E-state index in [4.69, 9.17) is 0 Å². The molecule has 5 nitrogen and oxygen atoms in total. The van der Waals surface area contributed by atoms with Crippen LogP contribution in [0.1, 0.15) is 19.4 Å². The van der Waals surface area contributed by atoms with Crippen molar-refractivity contribution in [1.82, 2.24) is 0 Å². The van der Waals surface area contributed by atoms with Crippen LogP contribution in [-0.4, -0.2) is 38.3 Å². The van der Waals surface area contributed by atoms with Gasteiger partial charge in [0.1, 0.15) is 5.75 Å². The van der Waals surface area contributed by atoms with Gasteiger partial charge in [-0.3, -0.25) is 4.31 Å². The molecule has 0 aliphatic rings. The number of nitrogens with zero attached hydrogens (tertiary/aromatic N) is 1. The first-order valence-electron chi connectivity index (χ1n) is 9.08. The number of aliphatic hydroxyl groups is 1. The largest absolute Gasteiger partial charge is 0.573 e. The average Bonchev–Trinajstić information content (AvgIpc) is 2.64. The molecular weight excluding hydrogens is 509 g/mol. The summed E-state index contributed by atoms with van der Waals surface area (Å²) < 4.78 is 146. The van der Waals surface area contributed by atoms with Crippen molar-refractivity contribution in [3.63, 3.8) is 0 Å². The lowest BCUT2D eigenvalue weighted by molar-refractivity contribution is -0.376. The summed E-state index contributed by atoms with van der Waals surface area (Å²) >= 11 is 0. The number of sulfonamides is 1. The lowest BCUT2D eigenvalue weighted by atomic mass is 9.92. The van der Waals surface area contributed by atoms with Crippen molar-refractivity contribution >= 4 is 15.7 Å². The molecule has 0 heterocycles. The Labute approximate surface area is 187 Å². The van der Waals surface area contributed by atoms with E-state index in [1.165, 1.54) is 13.8 Å². The molecule has 2 aromatic rings. The first-order valence-corrected chi connectivity index (χ1v) is 10.5. The fourth-order valence-electron chi connectivity index (χ4n) is 3.00. The van der Waals surface area contributed by atoms with Crippen LogP contribution in [0.5, 0.6) is 5.75 Å². The summed E-state index contributed by atoms with van der Waals surface area (Å²) in [5.41, 5.74) is -7.26. The van der Waals surface area contributed by atoms with Crippen molar-refractivity contribution in [2.75, 3.05) is 4.31 Å². The molecule has 0 aliphatic carbocycles. The minimum Gasteiger partial charge on any atom is -0.406 e. The number of benzene rings is 2. The zero-order chi connectivity index (χ0) is 26.3. The van der Waals surface area contributed by atoms with Gasteiger partial charge in [-0.2, -0.15) is 26.3 Å². The standard InChI is InChI=1S/C19H16F9NO4S/c1-11(2)29(13-4-3-5-14(10-13)33-19(26,27)28)34(31,32)15-8-6-12(7-9-15)16(30,17(20,21)22)18(23,24)25/h3-11,30H,1-2H3. The van der Waals surface area contributed by atoms with Crippen LogP contribution in [0.25, 0.3) is 0 Å². The van der Waals surface area contributed by atoms with Gasteiger partial charge in [0.2, 0.25) is 0 Å². The molecule has 0 amide bonds. The molecule has 0 spiro atoms. The van der Waals surface area contributed by atoms with Gasteiger partial charge in [0.15, 0.2) is 0 Å². The Balaban J connectivity index is 2.55. The van der Waals surface area contributed by atoms with E-state index in [1.54, 1.807) is 0 Å². The maximum absolute atomic E-state index is 13.1. The van der Waals surface area contributed by atoms with Crippen molar-refractivity contribution in [2.24, 2.45) is 0 Å². The van der Waals surface area contributed by atoms with E-state index in [9.17, 15) is 53.0 Å². The van der Waals surface area contributed by atoms with E-state index in [-0.39, 0.29) is 17.8 Å². The van der Waals surface area contributed by atoms with Crippen LogP contribution in [0.2, 0.25) is 0 Å². The second kappa shape index (κ2) is 8.83. The molecule has 190 valence electrons. The number of alkyl halides is 9. The number of anilines is 1. The fourth-order valence-corrected chi connectivity index (χ4v) is 4.66. The third-order valence-electron chi connectivity index (χ3n) is 4.42. The van der Waals surface area contributed by atoms with Crippen molar-refractivity contribution in [3.05, 3.63) is 54.1 Å². The highest BCUT2D eigenvalue weighted by Crippen LogP contribution is 2.50. The molecule has 0 unspecified atom stereocenters. The van der Waals surface area contributed by atoms with Crippen LogP contribution in [0.3, 0.4) is 0 Å². The topological polar surface area (TPSA) is 66.8 Å². The van der Waals surface area contributed by atoms with Gasteiger partial charge in [-0.15, -0.1) is 13.2 Å². The fraction of sp³-hybridized carbons (Fsp3) is 0.368. The molecule has 1 N–H and O–H groups in total. The number of halogens is 9. The second-order valence-electron chi connectivity index (χ2n) is 7.17. The Hall–Kier alpha value is -2.68. The molecule has 0 bridgehead atoms. The number of hydrogen-bond donors (Lipinski definition) is 1. The summed E-state index contributed by atoms with van der Waals surface area (Å²) in [6.45, 7) is 2.66. The van der Waals surface area contributed by atoms with Crippen LogP contribution < -0.4 is 9.04 Å². The summed E-state index contributed by atoms with van der Waals surface area (Å²) in [5.74, 6) is -0.762. The van der Waals surface area contributed by atoms with E-state index in [0.717, 1.165) is 24.3 Å². The summed E-state index contributed by atoms with van der Waals surface area (Å²) in [6, 6.07) is 3.98. The Kier molecular flexibility index (Phi) is 7.16. The highest BCUT2D eigenvalue weighted by atomic mass is 32.2. The Morgan fingerprint density at radius 2 is 1.35 bits per heavy atom. The zero-order valence-electron chi connectivity index (χ0n) is 17.1. The molecule has 0 atom stereocenters. The van der Waals surface area contributed by atoms with Gasteiger partial charge in [-0.1, -0.05) is 18.2 Å². The van der Waals surface area contributed by atoms with Gasteiger partial charge < -0.3 is 9.84 Å². The zero-order valence-corrected chi connectivity index (χ0v) is 17.9. The van der Waals surface area contributed by atoms with Crippen LogP contribution >= 0.6 is 0 Å². The van der Waals surface area contributed by atoms with E-state index < -0.39 is 56.6 Å². The first-order chi connectivity index (χ1) is 15.2. The quantitative estimate of drug-likeness (QED) is 0.506. The van der Waals surface area contributed by atoms with Gasteiger partial charge in [0.05, 0.1) is 10.6 Å². The van der Waals surface area contributed by atoms with E-state index >= 15 is 0 Å². The number of ether oxygens (including phenoxy) is 1. The van der Waals surface area contributed by atoms with Crippen LogP contribution in [0.15, 0.2) is 53.4 Å². The number of hydrogen-bond acceptors (Lipinski definition) is 4. The minimum atomic E-state index is -6.17. The van der Waals surface area contributed by atoms with Gasteiger partial charge in [0.25, 0.3) is 15.6 Å². The van der Waals surface area contributed by atoms with Crippen molar-refractivity contribution in [3.8, 4) is 5.75 Å². The first kappa shape index (κ1) is 27.6. The lowest BCUT2D eigenvalue weighted by Gasteiger charge is -2.33. The molecule has 34 heavy (non-hydrogen) atoms. The van der Waals surface area contributed by atoms with Gasteiger partial charge >= 0.3 is 18.7 Å². The van der Waals surface area contributed by atoms with Gasteiger partial charge in [0, 0.05) is 17.7 Å². The lowest BCUT2D eigenvalue weighted by Crippen LogP contribution is -2.53. The minimum absolute atomic E-state index is 0.148. The molecule has 0 aliphatic heterocycles. The van der Waals surface area contributed by atoms with E-state index in [2.05, 4.69) is 4.74 Å². The van der Waals surface area contributed by atoms with Gasteiger partial charge in [-0.05, 0) is 38.1 Å². The van der Waals surface area contributed by atoms with Crippen LogP contribution in [0.4, 0.5) is 45.2 Å². The maximum atomic E-state index is 13.1. The summed E-state index contributed by atoms with van der Waals surface area (Å²) in [5, 5.41) is 9.43. The third kappa shape index (κ3) is 5.35. The SMILES string of the molecule is CC(C)N(c1cccc(OC(F)(F)F)c1)S(=O)(=O)c1ccc(C(O)(C(F)(F)F)C(F)(F)F)cc1. The molecule has 0 saturated heterocycles. The smallest absolute Gasteiger partial charge is 0.406 e. The highest BCUT2D eigenvalue weighted by molar-refractivity contribution is 7.92. The molecule has 0 radical (unpaired) electrons. The predicted molar refractivity (Wildman–Crippen MR) is 100 cm³/mol. The normalized spacial score (nSPS) is 13.8.